The van der Waals surface area contributed by atoms with Crippen molar-refractivity contribution in [3.8, 4) is 0 Å². The molecule has 0 aliphatic rings. The molecule has 0 saturated carbocycles. The Labute approximate surface area is 153 Å². The molecule has 0 aromatic heterocycles. The first-order valence-corrected chi connectivity index (χ1v) is 9.66. The number of rotatable bonds is 8. The van der Waals surface area contributed by atoms with Gasteiger partial charge in [-0.05, 0) is 38.5 Å². The number of sulfonamides is 1. The van der Waals surface area contributed by atoms with Crippen LogP contribution in [0.5, 0.6) is 0 Å². The molecule has 2 rings (SSSR count). The Morgan fingerprint density at radius 2 is 1.65 bits per heavy atom. The predicted octanol–water partition coefficient (Wildman–Crippen LogP) is 3.00. The monoisotopic (exact) mass is 377 g/mol. The SMILES string of the molecule is CC(NC(C)(C)CNS(=O)(=O)c1ccc([N+](=O)[O-])cc1)c1ccccc1. The van der Waals surface area contributed by atoms with Gasteiger partial charge in [0.05, 0.1) is 9.82 Å². The van der Waals surface area contributed by atoms with E-state index in [4.69, 9.17) is 0 Å². The summed E-state index contributed by atoms with van der Waals surface area (Å²) >= 11 is 0. The number of hydrogen-bond donors (Lipinski definition) is 2. The van der Waals surface area contributed by atoms with Gasteiger partial charge in [0.25, 0.3) is 5.69 Å². The van der Waals surface area contributed by atoms with Crippen LogP contribution >= 0.6 is 0 Å². The summed E-state index contributed by atoms with van der Waals surface area (Å²) in [6.45, 7) is 6.00. The molecule has 2 aromatic rings. The fourth-order valence-electron chi connectivity index (χ4n) is 2.57. The molecule has 0 heterocycles. The van der Waals surface area contributed by atoms with Crippen molar-refractivity contribution >= 4 is 15.7 Å². The minimum absolute atomic E-state index is 0.00462. The van der Waals surface area contributed by atoms with Gasteiger partial charge in [-0.2, -0.15) is 0 Å². The highest BCUT2D eigenvalue weighted by Crippen LogP contribution is 2.18. The summed E-state index contributed by atoms with van der Waals surface area (Å²) in [5.74, 6) is 0. The molecule has 7 nitrogen and oxygen atoms in total. The van der Waals surface area contributed by atoms with Gasteiger partial charge in [0.15, 0.2) is 0 Å². The van der Waals surface area contributed by atoms with Crippen LogP contribution in [-0.2, 0) is 10.0 Å². The first-order valence-electron chi connectivity index (χ1n) is 8.17. The Morgan fingerprint density at radius 1 is 1.08 bits per heavy atom. The number of nitro benzene ring substituents is 1. The summed E-state index contributed by atoms with van der Waals surface area (Å²) in [5.41, 5.74) is 0.463. The van der Waals surface area contributed by atoms with E-state index in [9.17, 15) is 18.5 Å². The van der Waals surface area contributed by atoms with Crippen molar-refractivity contribution in [3.63, 3.8) is 0 Å². The lowest BCUT2D eigenvalue weighted by molar-refractivity contribution is -0.384. The molecule has 0 bridgehead atoms. The van der Waals surface area contributed by atoms with Crippen LogP contribution < -0.4 is 10.0 Å². The van der Waals surface area contributed by atoms with Gasteiger partial charge in [0.1, 0.15) is 0 Å². The molecule has 8 heteroatoms. The number of hydrogen-bond acceptors (Lipinski definition) is 5. The summed E-state index contributed by atoms with van der Waals surface area (Å²) in [6.07, 6.45) is 0. The van der Waals surface area contributed by atoms with E-state index in [1.54, 1.807) is 0 Å². The summed E-state index contributed by atoms with van der Waals surface area (Å²) < 4.78 is 27.4. The van der Waals surface area contributed by atoms with Gasteiger partial charge in [0.2, 0.25) is 10.0 Å². The number of nitrogens with one attached hydrogen (secondary N) is 2. The quantitative estimate of drug-likeness (QED) is 0.544. The highest BCUT2D eigenvalue weighted by molar-refractivity contribution is 7.89. The van der Waals surface area contributed by atoms with Crippen LogP contribution in [0, 0.1) is 10.1 Å². The molecule has 0 fully saturated rings. The largest absolute Gasteiger partial charge is 0.304 e. The van der Waals surface area contributed by atoms with Crippen LogP contribution in [0.3, 0.4) is 0 Å². The molecule has 26 heavy (non-hydrogen) atoms. The van der Waals surface area contributed by atoms with Gasteiger partial charge in [-0.15, -0.1) is 0 Å². The van der Waals surface area contributed by atoms with Crippen molar-refractivity contribution in [3.05, 3.63) is 70.3 Å². The fraction of sp³-hybridized carbons (Fsp3) is 0.333. The molecule has 140 valence electrons. The van der Waals surface area contributed by atoms with Crippen molar-refractivity contribution in [2.45, 2.75) is 37.2 Å². The lowest BCUT2D eigenvalue weighted by atomic mass is 10.0. The third-order valence-corrected chi connectivity index (χ3v) is 5.39. The minimum Gasteiger partial charge on any atom is -0.304 e. The van der Waals surface area contributed by atoms with E-state index in [0.717, 1.165) is 5.56 Å². The number of benzene rings is 2. The van der Waals surface area contributed by atoms with Crippen LogP contribution in [0.25, 0.3) is 0 Å². The van der Waals surface area contributed by atoms with Crippen molar-refractivity contribution in [2.75, 3.05) is 6.54 Å². The Balaban J connectivity index is 2.02. The number of nitrogens with zero attached hydrogens (tertiary/aromatic N) is 1. The maximum atomic E-state index is 12.4. The highest BCUT2D eigenvalue weighted by Gasteiger charge is 2.24. The van der Waals surface area contributed by atoms with E-state index in [0.29, 0.717) is 0 Å². The second-order valence-electron chi connectivity index (χ2n) is 6.74. The Hall–Kier alpha value is -2.29. The van der Waals surface area contributed by atoms with Crippen LogP contribution in [0.2, 0.25) is 0 Å². The molecule has 2 aromatic carbocycles. The Morgan fingerprint density at radius 3 is 2.19 bits per heavy atom. The van der Waals surface area contributed by atoms with E-state index >= 15 is 0 Å². The zero-order valence-electron chi connectivity index (χ0n) is 15.0. The van der Waals surface area contributed by atoms with E-state index in [1.807, 2.05) is 51.1 Å². The topological polar surface area (TPSA) is 101 Å². The van der Waals surface area contributed by atoms with E-state index in [1.165, 1.54) is 24.3 Å². The molecule has 0 amide bonds. The maximum Gasteiger partial charge on any atom is 0.269 e. The highest BCUT2D eigenvalue weighted by atomic mass is 32.2. The molecule has 0 aliphatic carbocycles. The van der Waals surface area contributed by atoms with Crippen LogP contribution in [0.1, 0.15) is 32.4 Å². The van der Waals surface area contributed by atoms with Gasteiger partial charge in [0, 0.05) is 30.3 Å². The predicted molar refractivity (Wildman–Crippen MR) is 100 cm³/mol. The lowest BCUT2D eigenvalue weighted by Crippen LogP contribution is -2.49. The summed E-state index contributed by atoms with van der Waals surface area (Å²) in [6, 6.07) is 14.7. The van der Waals surface area contributed by atoms with Gasteiger partial charge in [-0.1, -0.05) is 30.3 Å². The minimum atomic E-state index is -3.75. The number of nitro groups is 1. The molecule has 1 atom stereocenters. The van der Waals surface area contributed by atoms with E-state index in [-0.39, 0.29) is 23.2 Å². The standard InChI is InChI=1S/C18H23N3O4S/c1-14(15-7-5-4-6-8-15)20-18(2,3)13-19-26(24,25)17-11-9-16(10-12-17)21(22)23/h4-12,14,19-20H,13H2,1-3H3. The third kappa shape index (κ3) is 5.35. The second kappa shape index (κ2) is 7.94. The third-order valence-electron chi connectivity index (χ3n) is 3.97. The normalized spacial score (nSPS) is 13.3. The molecule has 0 radical (unpaired) electrons. The summed E-state index contributed by atoms with van der Waals surface area (Å²) in [7, 11) is -3.75. The maximum absolute atomic E-state index is 12.4. The van der Waals surface area contributed by atoms with Gasteiger partial charge in [-0.3, -0.25) is 10.1 Å². The number of non-ortho nitro benzene ring substituents is 1. The molecular formula is C18H23N3O4S. The van der Waals surface area contributed by atoms with Gasteiger partial charge in [-0.25, -0.2) is 13.1 Å². The zero-order valence-corrected chi connectivity index (χ0v) is 15.8. The molecule has 0 aliphatic heterocycles. The Kier molecular flexibility index (Phi) is 6.12. The summed E-state index contributed by atoms with van der Waals surface area (Å²) in [4.78, 5) is 10.1. The van der Waals surface area contributed by atoms with Crippen LogP contribution in [0.15, 0.2) is 59.5 Å². The first kappa shape index (κ1) is 20.0. The van der Waals surface area contributed by atoms with Crippen LogP contribution in [-0.4, -0.2) is 25.4 Å². The Bertz CT molecular complexity index is 850. The molecule has 0 spiro atoms. The van der Waals surface area contributed by atoms with E-state index in [2.05, 4.69) is 10.0 Å². The average Bonchev–Trinajstić information content (AvgIpc) is 2.61. The van der Waals surface area contributed by atoms with Crippen molar-refractivity contribution in [1.29, 1.82) is 0 Å². The average molecular weight is 377 g/mol. The first-order chi connectivity index (χ1) is 12.1. The van der Waals surface area contributed by atoms with Crippen molar-refractivity contribution in [2.24, 2.45) is 0 Å². The fourth-order valence-corrected chi connectivity index (χ4v) is 3.78. The van der Waals surface area contributed by atoms with Crippen LogP contribution in [0.4, 0.5) is 5.69 Å². The van der Waals surface area contributed by atoms with E-state index < -0.39 is 20.5 Å². The smallest absolute Gasteiger partial charge is 0.269 e. The molecular weight excluding hydrogens is 354 g/mol. The van der Waals surface area contributed by atoms with Gasteiger partial charge < -0.3 is 5.32 Å². The lowest BCUT2D eigenvalue weighted by Gasteiger charge is -2.30. The molecule has 1 unspecified atom stereocenters. The van der Waals surface area contributed by atoms with Gasteiger partial charge >= 0.3 is 0 Å². The zero-order chi connectivity index (χ0) is 19.4. The molecule has 0 saturated heterocycles. The molecule has 2 N–H and O–H groups in total. The van der Waals surface area contributed by atoms with Crippen molar-refractivity contribution in [1.82, 2.24) is 10.0 Å². The second-order valence-corrected chi connectivity index (χ2v) is 8.50. The summed E-state index contributed by atoms with van der Waals surface area (Å²) in [5, 5.41) is 14.1. The van der Waals surface area contributed by atoms with Crippen molar-refractivity contribution < 1.29 is 13.3 Å².